The zero-order chi connectivity index (χ0) is 57.4. The van der Waals surface area contributed by atoms with E-state index in [2.05, 4.69) is 24.2 Å². The minimum Gasteiger partial charge on any atom is -0.480 e. The second kappa shape index (κ2) is 28.8. The van der Waals surface area contributed by atoms with Crippen molar-refractivity contribution in [3.05, 3.63) is 97.3 Å². The summed E-state index contributed by atoms with van der Waals surface area (Å²) in [5.74, 6) is -4.06. The Labute approximate surface area is 448 Å². The molecule has 1 aliphatic heterocycles. The molecule has 3 aromatic rings. The number of Topliss-reactive ketones (excluding diaryl/α,β-unsaturated/α-hetero) is 3. The van der Waals surface area contributed by atoms with Crippen LogP contribution in [0.3, 0.4) is 0 Å². The van der Waals surface area contributed by atoms with Crippen LogP contribution in [0.15, 0.2) is 64.6 Å². The molecule has 0 radical (unpaired) electrons. The number of aryl methyl sites for hydroxylation is 2. The third kappa shape index (κ3) is 17.4. The number of nitro benzene ring substituents is 1. The Hall–Kier alpha value is -6.22. The number of ether oxygens (including phenoxy) is 2. The van der Waals surface area contributed by atoms with Gasteiger partial charge in [-0.1, -0.05) is 42.6 Å². The number of ketones is 3. The number of aliphatic carboxylic acids is 1. The summed E-state index contributed by atoms with van der Waals surface area (Å²) < 4.78 is 58.0. The molecule has 3 aromatic carbocycles. The number of benzene rings is 3. The fourth-order valence-corrected chi connectivity index (χ4v) is 9.41. The number of para-hydroxylation sites is 1. The number of rotatable bonds is 17. The molecule has 2 atom stereocenters. The molecule has 1 fully saturated rings. The topological polar surface area (TPSA) is 312 Å². The number of nitrogens with zero attached hydrogens (tertiary/aromatic N) is 3. The predicted molar refractivity (Wildman–Crippen MR) is 279 cm³/mol. The molecular formula is C50H58Cl2FN4O17PS. The molecule has 4 N–H and O–H groups in total. The van der Waals surface area contributed by atoms with Crippen LogP contribution in [0.1, 0.15) is 87.2 Å². The normalized spacial score (nSPS) is 15.4. The third-order valence-electron chi connectivity index (χ3n) is 11.6. The molecule has 3 amide bonds. The molecule has 6 rings (SSSR count). The lowest BCUT2D eigenvalue weighted by molar-refractivity contribution is -0.385. The van der Waals surface area contributed by atoms with Crippen molar-refractivity contribution in [3.8, 4) is 18.1 Å². The van der Waals surface area contributed by atoms with Gasteiger partial charge in [-0.05, 0) is 88.6 Å². The van der Waals surface area contributed by atoms with Crippen molar-refractivity contribution in [1.29, 1.82) is 0 Å². The lowest BCUT2D eigenvalue weighted by Gasteiger charge is -2.31. The van der Waals surface area contributed by atoms with Crippen molar-refractivity contribution in [2.75, 3.05) is 48.5 Å². The molecule has 0 saturated heterocycles. The minimum absolute atomic E-state index is 0.0223. The van der Waals surface area contributed by atoms with E-state index in [0.717, 1.165) is 71.5 Å². The summed E-state index contributed by atoms with van der Waals surface area (Å²) in [6.07, 6.45) is 9.12. The van der Waals surface area contributed by atoms with Crippen molar-refractivity contribution < 1.29 is 80.2 Å². The first-order valence-corrected chi connectivity index (χ1v) is 27.9. The van der Waals surface area contributed by atoms with Gasteiger partial charge in [-0.3, -0.25) is 53.6 Å². The molecule has 3 aliphatic rings. The zero-order valence-electron chi connectivity index (χ0n) is 42.3. The Kier molecular flexibility index (Phi) is 24.3. The summed E-state index contributed by atoms with van der Waals surface area (Å²) in [7, 11) is -6.16. The van der Waals surface area contributed by atoms with E-state index in [1.165, 1.54) is 6.07 Å². The van der Waals surface area contributed by atoms with E-state index in [4.69, 9.17) is 54.0 Å². The SMILES string of the molecule is C#CC(C)Oc1cc(N2C(=O)C3=C(CCCC3)C2=O)c(F)cc1Cl.CCc1cccc(C)c1N(C(=O)CCl)C(C)COC.CS(=O)(=O)c1ccc(C(=O)C2C(=O)CCCC2=O)c([N+](=O)[O-])c1.O=C(O)CNCP(=O)(O)O. The number of imide groups is 1. The van der Waals surface area contributed by atoms with Crippen LogP contribution in [0.2, 0.25) is 5.02 Å². The van der Waals surface area contributed by atoms with Gasteiger partial charge in [0.2, 0.25) is 5.91 Å². The minimum atomic E-state index is -4.10. The molecule has 0 bridgehead atoms. The number of nitrogens with one attached hydrogen (secondary N) is 1. The number of methoxy groups -OCH3 is 1. The lowest BCUT2D eigenvalue weighted by Crippen LogP contribution is -2.43. The van der Waals surface area contributed by atoms with E-state index in [1.807, 2.05) is 26.0 Å². The number of anilines is 2. The number of terminal acetylenes is 1. The van der Waals surface area contributed by atoms with Gasteiger partial charge in [0.05, 0.1) is 57.3 Å². The summed E-state index contributed by atoms with van der Waals surface area (Å²) in [6.45, 7) is 7.75. The number of alkyl halides is 1. The number of carboxylic acid groups (broad SMARTS) is 1. The average Bonchev–Trinajstić information content (AvgIpc) is 3.60. The molecule has 0 aromatic heterocycles. The van der Waals surface area contributed by atoms with Crippen molar-refractivity contribution in [1.82, 2.24) is 5.32 Å². The second-order valence-electron chi connectivity index (χ2n) is 17.3. The molecule has 76 heavy (non-hydrogen) atoms. The number of hydrogen-bond donors (Lipinski definition) is 4. The predicted octanol–water partition coefficient (Wildman–Crippen LogP) is 6.70. The van der Waals surface area contributed by atoms with Gasteiger partial charge < -0.3 is 29.3 Å². The van der Waals surface area contributed by atoms with Crippen LogP contribution in [0.5, 0.6) is 5.75 Å². The van der Waals surface area contributed by atoms with E-state index >= 15 is 0 Å². The van der Waals surface area contributed by atoms with E-state index in [0.29, 0.717) is 37.0 Å². The summed E-state index contributed by atoms with van der Waals surface area (Å²) in [5, 5.41) is 21.2. The molecule has 412 valence electrons. The highest BCUT2D eigenvalue weighted by Crippen LogP contribution is 2.40. The molecule has 1 heterocycles. The molecule has 2 unspecified atom stereocenters. The fourth-order valence-electron chi connectivity index (χ4n) is 8.05. The number of nitro groups is 1. The fraction of sp³-hybridized carbons (Fsp3) is 0.420. The van der Waals surface area contributed by atoms with Crippen molar-refractivity contribution in [2.24, 2.45) is 5.92 Å². The Morgan fingerprint density at radius 2 is 1.61 bits per heavy atom. The zero-order valence-corrected chi connectivity index (χ0v) is 45.5. The van der Waals surface area contributed by atoms with E-state index in [9.17, 15) is 61.0 Å². The van der Waals surface area contributed by atoms with Crippen LogP contribution >= 0.6 is 30.8 Å². The maximum absolute atomic E-state index is 14.4. The number of carbonyl (C=O) groups excluding carboxylic acids is 6. The van der Waals surface area contributed by atoms with Gasteiger partial charge in [-0.15, -0.1) is 18.0 Å². The first-order chi connectivity index (χ1) is 35.5. The van der Waals surface area contributed by atoms with Crippen LogP contribution in [0, 0.1) is 41.1 Å². The van der Waals surface area contributed by atoms with Gasteiger partial charge in [0.25, 0.3) is 17.5 Å². The molecule has 0 spiro atoms. The smallest absolute Gasteiger partial charge is 0.339 e. The number of halogens is 3. The Balaban J connectivity index is 0.000000277. The maximum Gasteiger partial charge on any atom is 0.339 e. The number of amides is 3. The summed E-state index contributed by atoms with van der Waals surface area (Å²) in [4.78, 5) is 112. The third-order valence-corrected chi connectivity index (χ3v) is 13.8. The summed E-state index contributed by atoms with van der Waals surface area (Å²) >= 11 is 11.7. The number of hydrogen-bond acceptors (Lipinski definition) is 15. The van der Waals surface area contributed by atoms with Crippen LogP contribution in [-0.2, 0) is 54.3 Å². The van der Waals surface area contributed by atoms with Crippen molar-refractivity contribution >= 4 is 98.7 Å². The van der Waals surface area contributed by atoms with Gasteiger partial charge in [-0.25, -0.2) is 17.7 Å². The monoisotopic (exact) mass is 1140 g/mol. The van der Waals surface area contributed by atoms with E-state index < -0.39 is 99.4 Å². The van der Waals surface area contributed by atoms with Crippen LogP contribution < -0.4 is 19.9 Å². The number of sulfone groups is 1. The summed E-state index contributed by atoms with van der Waals surface area (Å²) in [5.41, 5.74) is 2.85. The Morgan fingerprint density at radius 3 is 2.09 bits per heavy atom. The second-order valence-corrected chi connectivity index (χ2v) is 21.7. The standard InChI is InChI=1S/C18H15ClFNO3.C15H22ClNO2.C14H13NO7S.C3H8NO5P/c1-3-10(2)24-16-9-15(14(20)8-13(16)19)21-17(22)11-6-4-5-7-12(11)18(21)23;1-5-13-8-6-7-11(2)15(13)17(14(18)9-16)12(3)10-19-4;1-23(21,22)8-5-6-9(10(7-8)15(19)20)14(18)13-11(16)3-2-4-12(13)17;5-3(6)1-4-2-10(7,8)9/h1,8-10H,4-7H2,2H3;6-8,12H,5,9-10H2,1-4H3;5-7,13H,2-4H2,1H3;4H,1-2H2,(H,5,6)(H2,7,8,9). The first-order valence-electron chi connectivity index (χ1n) is 23.3. The lowest BCUT2D eigenvalue weighted by atomic mass is 9.81. The highest BCUT2D eigenvalue weighted by Gasteiger charge is 2.42. The quantitative estimate of drug-likeness (QED) is 0.0160. The van der Waals surface area contributed by atoms with E-state index in [1.54, 1.807) is 18.9 Å². The van der Waals surface area contributed by atoms with Gasteiger partial charge in [0, 0.05) is 49.5 Å². The number of carboxylic acids is 1. The number of carbonyl (C=O) groups is 7. The maximum atomic E-state index is 14.4. The highest BCUT2D eigenvalue weighted by molar-refractivity contribution is 7.90. The van der Waals surface area contributed by atoms with Crippen LogP contribution in [0.4, 0.5) is 21.5 Å². The molecule has 26 heteroatoms. The van der Waals surface area contributed by atoms with Crippen LogP contribution in [0.25, 0.3) is 0 Å². The largest absolute Gasteiger partial charge is 0.480 e. The highest BCUT2D eigenvalue weighted by atomic mass is 35.5. The molecule has 2 aliphatic carbocycles. The van der Waals surface area contributed by atoms with Gasteiger partial charge >= 0.3 is 13.6 Å². The van der Waals surface area contributed by atoms with Crippen molar-refractivity contribution in [2.45, 2.75) is 96.1 Å². The summed E-state index contributed by atoms with van der Waals surface area (Å²) in [6, 6.07) is 11.1. The Morgan fingerprint density at radius 1 is 1.01 bits per heavy atom. The average molecular weight is 1140 g/mol. The van der Waals surface area contributed by atoms with Gasteiger partial charge in [0.15, 0.2) is 33.3 Å². The van der Waals surface area contributed by atoms with Crippen molar-refractivity contribution in [3.63, 3.8) is 0 Å². The van der Waals surface area contributed by atoms with Crippen LogP contribution in [-0.4, -0.2) is 120 Å². The van der Waals surface area contributed by atoms with Gasteiger partial charge in [0.1, 0.15) is 23.4 Å². The molecular weight excluding hydrogens is 1080 g/mol. The molecule has 1 saturated carbocycles. The van der Waals surface area contributed by atoms with Gasteiger partial charge in [-0.2, -0.15) is 0 Å². The van der Waals surface area contributed by atoms with E-state index in [-0.39, 0.29) is 52.0 Å². The Bertz CT molecular complexity index is 2930. The molecule has 21 nitrogen and oxygen atoms in total. The first kappa shape index (κ1) is 64.1.